The molecule has 2 aromatic heterocycles. The lowest BCUT2D eigenvalue weighted by atomic mass is 10.00. The summed E-state index contributed by atoms with van der Waals surface area (Å²) in [7, 11) is 1.59. The molecule has 7 aromatic rings. The van der Waals surface area contributed by atoms with Crippen molar-refractivity contribution in [2.75, 3.05) is 80.7 Å². The average molecular weight is 949 g/mol. The van der Waals surface area contributed by atoms with Crippen molar-refractivity contribution >= 4 is 79.1 Å². The van der Waals surface area contributed by atoms with E-state index in [9.17, 15) is 9.90 Å². The molecule has 2 heterocycles. The van der Waals surface area contributed by atoms with Gasteiger partial charge in [-0.1, -0.05) is 83.7 Å². The number of methoxy groups -OCH3 is 1. The Morgan fingerprint density at radius 1 is 0.643 bits per heavy atom. The first kappa shape index (κ1) is 51.0. The van der Waals surface area contributed by atoms with Gasteiger partial charge in [-0.05, 0) is 144 Å². The highest BCUT2D eigenvalue weighted by molar-refractivity contribution is 6.22. The SMILES string of the molecule is CCCCN(CCCC)CCCNc1nc(NCCCN(CCCC)CCCC)nc(Nc2ccc(N=Nc3c(O)c(C(=O)Nc4ccc(OC)cc4)cc4ccc5c6ccccc6[nH]c5c34)cc2)n1. The highest BCUT2D eigenvalue weighted by Gasteiger charge is 2.22. The van der Waals surface area contributed by atoms with Crippen molar-refractivity contribution in [3.05, 3.63) is 96.6 Å². The van der Waals surface area contributed by atoms with Gasteiger partial charge in [0.1, 0.15) is 11.4 Å². The Morgan fingerprint density at radius 3 is 1.79 bits per heavy atom. The van der Waals surface area contributed by atoms with E-state index in [1.807, 2.05) is 54.6 Å². The number of fused-ring (bicyclic) bond motifs is 5. The van der Waals surface area contributed by atoms with Crippen LogP contribution in [0.15, 0.2) is 101 Å². The van der Waals surface area contributed by atoms with Gasteiger partial charge in [0.05, 0.1) is 23.9 Å². The molecule has 1 amide bonds. The number of carbonyl (C=O) groups excluding carboxylic acids is 1. The lowest BCUT2D eigenvalue weighted by Crippen LogP contribution is -2.28. The molecule has 0 radical (unpaired) electrons. The molecule has 0 saturated heterocycles. The maximum atomic E-state index is 13.8. The molecule has 6 N–H and O–H groups in total. The molecule has 15 nitrogen and oxygen atoms in total. The number of azo groups is 1. The number of benzene rings is 5. The van der Waals surface area contributed by atoms with Crippen LogP contribution in [-0.4, -0.2) is 100 Å². The van der Waals surface area contributed by atoms with Crippen LogP contribution in [0.3, 0.4) is 0 Å². The predicted molar refractivity (Wildman–Crippen MR) is 288 cm³/mol. The number of amides is 1. The highest BCUT2D eigenvalue weighted by Crippen LogP contribution is 2.44. The predicted octanol–water partition coefficient (Wildman–Crippen LogP) is 13.2. The van der Waals surface area contributed by atoms with Gasteiger partial charge >= 0.3 is 0 Å². The minimum Gasteiger partial charge on any atom is -0.505 e. The molecule has 0 aliphatic rings. The minimum absolute atomic E-state index is 0.0641. The van der Waals surface area contributed by atoms with Crippen LogP contribution < -0.4 is 26.0 Å². The van der Waals surface area contributed by atoms with E-state index in [1.165, 1.54) is 51.4 Å². The van der Waals surface area contributed by atoms with E-state index in [1.54, 1.807) is 37.4 Å². The summed E-state index contributed by atoms with van der Waals surface area (Å²) in [6, 6.07) is 28.1. The normalized spacial score (nSPS) is 11.7. The van der Waals surface area contributed by atoms with E-state index in [2.05, 4.69) is 80.0 Å². The number of nitrogens with one attached hydrogen (secondary N) is 5. The van der Waals surface area contributed by atoms with E-state index in [0.717, 1.165) is 92.7 Å². The van der Waals surface area contributed by atoms with Gasteiger partial charge in [-0.3, -0.25) is 4.79 Å². The average Bonchev–Trinajstić information content (AvgIpc) is 3.77. The van der Waals surface area contributed by atoms with Crippen molar-refractivity contribution in [2.45, 2.75) is 91.9 Å². The molecular formula is C55H72N12O3. The number of aromatic amines is 1. The number of aromatic hydroxyl groups is 1. The Bertz CT molecular complexity index is 2710. The summed E-state index contributed by atoms with van der Waals surface area (Å²) in [5.41, 5.74) is 3.80. The van der Waals surface area contributed by atoms with Gasteiger partial charge in [0.2, 0.25) is 17.8 Å². The Morgan fingerprint density at radius 2 is 1.20 bits per heavy atom. The van der Waals surface area contributed by atoms with Gasteiger partial charge in [-0.15, -0.1) is 5.11 Å². The molecule has 0 aliphatic carbocycles. The topological polar surface area (TPSA) is 180 Å². The molecule has 0 spiro atoms. The van der Waals surface area contributed by atoms with Crippen LogP contribution in [0, 0.1) is 0 Å². The molecule has 0 atom stereocenters. The van der Waals surface area contributed by atoms with Gasteiger partial charge < -0.3 is 45.9 Å². The minimum atomic E-state index is -0.490. The number of nitrogens with zero attached hydrogens (tertiary/aromatic N) is 7. The summed E-state index contributed by atoms with van der Waals surface area (Å²) < 4.78 is 5.28. The van der Waals surface area contributed by atoms with Crippen molar-refractivity contribution in [1.29, 1.82) is 0 Å². The second-order valence-corrected chi connectivity index (χ2v) is 17.9. The number of ether oxygens (including phenoxy) is 1. The molecular weight excluding hydrogens is 877 g/mol. The van der Waals surface area contributed by atoms with Crippen molar-refractivity contribution in [3.8, 4) is 11.5 Å². The van der Waals surface area contributed by atoms with Gasteiger partial charge in [0.15, 0.2) is 5.75 Å². The summed E-state index contributed by atoms with van der Waals surface area (Å²) in [6.07, 6.45) is 11.6. The van der Waals surface area contributed by atoms with Crippen molar-refractivity contribution in [1.82, 2.24) is 29.7 Å². The van der Waals surface area contributed by atoms with Crippen LogP contribution in [0.2, 0.25) is 0 Å². The maximum Gasteiger partial charge on any atom is 0.259 e. The van der Waals surface area contributed by atoms with Crippen molar-refractivity contribution in [3.63, 3.8) is 0 Å². The molecule has 7 rings (SSSR count). The second-order valence-electron chi connectivity index (χ2n) is 17.9. The van der Waals surface area contributed by atoms with Crippen LogP contribution in [0.1, 0.15) is 102 Å². The number of H-pyrrole nitrogens is 1. The third-order valence-corrected chi connectivity index (χ3v) is 12.5. The molecule has 0 bridgehead atoms. The smallest absolute Gasteiger partial charge is 0.259 e. The van der Waals surface area contributed by atoms with Crippen LogP contribution in [0.4, 0.5) is 40.6 Å². The monoisotopic (exact) mass is 949 g/mol. The van der Waals surface area contributed by atoms with E-state index in [4.69, 9.17) is 19.7 Å². The van der Waals surface area contributed by atoms with Crippen LogP contribution in [0.5, 0.6) is 11.5 Å². The van der Waals surface area contributed by atoms with E-state index in [-0.39, 0.29) is 17.0 Å². The molecule has 0 saturated carbocycles. The standard InChI is InChI=1S/C55H72N12O3/c1-6-10-32-66(33-11-7-2)36-16-30-56-53-61-54(57-31-17-37-67(34-12-8-3)35-13-9-4)63-55(62-53)59-41-21-23-42(24-22-41)64-65-50-48-39(20-29-45-44-18-14-15-19-47(44)60-49(45)48)38-46(51(50)68)52(69)58-40-25-27-43(70-5)28-26-40/h14-15,18-29,38,60,68H,6-13,16-17,30-37H2,1-5H3,(H,58,69)(H3,56,57,59,61,62,63). The van der Waals surface area contributed by atoms with Gasteiger partial charge in [-0.25, -0.2) is 0 Å². The number of carbonyl (C=O) groups is 1. The zero-order chi connectivity index (χ0) is 49.1. The van der Waals surface area contributed by atoms with Gasteiger partial charge in [-0.2, -0.15) is 20.1 Å². The number of phenolic OH excluding ortho intramolecular Hbond substituents is 1. The summed E-state index contributed by atoms with van der Waals surface area (Å²) in [4.78, 5) is 36.8. The summed E-state index contributed by atoms with van der Waals surface area (Å²) in [5.74, 6) is 1.33. The molecule has 0 aliphatic heterocycles. The third kappa shape index (κ3) is 13.9. The van der Waals surface area contributed by atoms with Crippen LogP contribution in [0.25, 0.3) is 32.6 Å². The van der Waals surface area contributed by atoms with Gasteiger partial charge in [0.25, 0.3) is 5.91 Å². The zero-order valence-corrected chi connectivity index (χ0v) is 41.8. The number of hydrogen-bond donors (Lipinski definition) is 6. The fourth-order valence-corrected chi connectivity index (χ4v) is 8.56. The summed E-state index contributed by atoms with van der Waals surface area (Å²) >= 11 is 0. The number of para-hydroxylation sites is 1. The molecule has 0 fully saturated rings. The van der Waals surface area contributed by atoms with Crippen molar-refractivity contribution < 1.29 is 14.6 Å². The fourth-order valence-electron chi connectivity index (χ4n) is 8.56. The van der Waals surface area contributed by atoms with Crippen molar-refractivity contribution in [2.24, 2.45) is 10.2 Å². The first-order valence-corrected chi connectivity index (χ1v) is 25.4. The lowest BCUT2D eigenvalue weighted by molar-refractivity contribution is 0.102. The first-order chi connectivity index (χ1) is 34.3. The summed E-state index contributed by atoms with van der Waals surface area (Å²) in [6.45, 7) is 17.1. The Labute approximate surface area is 413 Å². The number of anilines is 5. The van der Waals surface area contributed by atoms with E-state index in [0.29, 0.717) is 45.7 Å². The number of aromatic nitrogens is 4. The van der Waals surface area contributed by atoms with Gasteiger partial charge in [0, 0.05) is 46.1 Å². The highest BCUT2D eigenvalue weighted by atomic mass is 16.5. The van der Waals surface area contributed by atoms with Crippen LogP contribution in [-0.2, 0) is 0 Å². The molecule has 0 unspecified atom stereocenters. The first-order valence-electron chi connectivity index (χ1n) is 25.4. The van der Waals surface area contributed by atoms with E-state index < -0.39 is 5.91 Å². The molecule has 70 heavy (non-hydrogen) atoms. The Hall–Kier alpha value is -6.84. The quantitative estimate of drug-likeness (QED) is 0.0194. The lowest BCUT2D eigenvalue weighted by Gasteiger charge is -2.22. The van der Waals surface area contributed by atoms with E-state index >= 15 is 0 Å². The Balaban J connectivity index is 1.11. The zero-order valence-electron chi connectivity index (χ0n) is 41.8. The number of rotatable bonds is 29. The molecule has 370 valence electrons. The maximum absolute atomic E-state index is 13.8. The molecule has 5 aromatic carbocycles. The number of hydrogen-bond acceptors (Lipinski definition) is 13. The number of phenols is 1. The van der Waals surface area contributed by atoms with Crippen LogP contribution >= 0.6 is 0 Å². The number of unbranched alkanes of at least 4 members (excludes halogenated alkanes) is 4. The summed E-state index contributed by atoms with van der Waals surface area (Å²) in [5, 5.41) is 37.8. The molecule has 15 heteroatoms. The fraction of sp³-hybridized carbons (Fsp3) is 0.418. The second kappa shape index (κ2) is 26.2. The largest absolute Gasteiger partial charge is 0.505 e. The Kier molecular flexibility index (Phi) is 19.1. The third-order valence-electron chi connectivity index (χ3n) is 12.5.